The molecule has 0 unspecified atom stereocenters. The molecule has 0 bridgehead atoms. The highest BCUT2D eigenvalue weighted by Crippen LogP contribution is 2.29. The van der Waals surface area contributed by atoms with Crippen molar-refractivity contribution in [2.45, 2.75) is 96.1 Å². The van der Waals surface area contributed by atoms with Gasteiger partial charge in [-0.1, -0.05) is 76.9 Å². The van der Waals surface area contributed by atoms with Gasteiger partial charge in [0, 0.05) is 4.20 Å². The number of rotatable bonds is 14. The topological polar surface area (TPSA) is 50.1 Å². The van der Waals surface area contributed by atoms with Gasteiger partial charge in [0.05, 0.1) is 0 Å². The van der Waals surface area contributed by atoms with Gasteiger partial charge in [0.15, 0.2) is 6.61 Å². The fourth-order valence-electron chi connectivity index (χ4n) is 2.41. The number of nitriles is 1. The first-order valence-electron chi connectivity index (χ1n) is 9.20. The lowest BCUT2D eigenvalue weighted by Crippen LogP contribution is -2.31. The van der Waals surface area contributed by atoms with Crippen LogP contribution in [0.15, 0.2) is 0 Å². The van der Waals surface area contributed by atoms with E-state index in [9.17, 15) is 4.79 Å². The molecule has 24 heavy (non-hydrogen) atoms. The molecule has 0 heterocycles. The first-order valence-corrected chi connectivity index (χ1v) is 10.4. The Morgan fingerprint density at radius 2 is 1.54 bits per heavy atom. The van der Waals surface area contributed by atoms with Crippen molar-refractivity contribution in [3.05, 3.63) is 0 Å². The second-order valence-electron chi connectivity index (χ2n) is 6.65. The largest absolute Gasteiger partial charge is 0.449 e. The van der Waals surface area contributed by atoms with Crippen LogP contribution < -0.4 is 0 Å². The molecular formula is C19H33NO2S2. The third kappa shape index (κ3) is 12.8. The smallest absolute Gasteiger partial charge is 0.323 e. The van der Waals surface area contributed by atoms with E-state index in [1.165, 1.54) is 69.5 Å². The van der Waals surface area contributed by atoms with E-state index in [1.807, 2.05) is 6.07 Å². The van der Waals surface area contributed by atoms with E-state index in [-0.39, 0.29) is 12.6 Å². The molecule has 0 aliphatic rings. The Labute approximate surface area is 157 Å². The average molecular weight is 372 g/mol. The second-order valence-corrected chi connectivity index (χ2v) is 9.12. The molecule has 0 amide bonds. The number of ether oxygens (including phenoxy) is 1. The molecule has 0 aromatic rings. The number of hydrogen-bond donors (Lipinski definition) is 0. The summed E-state index contributed by atoms with van der Waals surface area (Å²) >= 11 is 6.77. The minimum atomic E-state index is -0.716. The van der Waals surface area contributed by atoms with Gasteiger partial charge in [-0.05, 0) is 26.7 Å². The number of carbonyl (C=O) groups excluding carboxylic acids is 1. The molecule has 0 aliphatic heterocycles. The normalized spacial score (nSPS) is 11.1. The zero-order chi connectivity index (χ0) is 18.3. The lowest BCUT2D eigenvalue weighted by atomic mass is 10.1. The van der Waals surface area contributed by atoms with E-state index in [0.29, 0.717) is 0 Å². The Balaban J connectivity index is 3.65. The van der Waals surface area contributed by atoms with Gasteiger partial charge in [-0.15, -0.1) is 11.8 Å². The Kier molecular flexibility index (Phi) is 14.4. The van der Waals surface area contributed by atoms with Crippen LogP contribution in [0.25, 0.3) is 0 Å². The summed E-state index contributed by atoms with van der Waals surface area (Å²) in [4.78, 5) is 11.8. The number of unbranched alkanes of at least 4 members (excludes halogenated alkanes) is 9. The van der Waals surface area contributed by atoms with Crippen molar-refractivity contribution in [3.63, 3.8) is 0 Å². The van der Waals surface area contributed by atoms with Gasteiger partial charge in [0.1, 0.15) is 10.8 Å². The highest BCUT2D eigenvalue weighted by atomic mass is 32.2. The second kappa shape index (κ2) is 14.7. The Bertz CT molecular complexity index is 403. The van der Waals surface area contributed by atoms with Gasteiger partial charge in [-0.2, -0.15) is 5.26 Å². The average Bonchev–Trinajstić information content (AvgIpc) is 2.53. The highest BCUT2D eigenvalue weighted by Gasteiger charge is 2.31. The molecule has 0 spiro atoms. The van der Waals surface area contributed by atoms with Crippen LogP contribution >= 0.6 is 24.0 Å². The Morgan fingerprint density at radius 1 is 1.04 bits per heavy atom. The molecule has 0 aromatic carbocycles. The standard InChI is InChI=1S/C19H33NO2S2/c1-4-5-6-7-8-9-10-11-12-13-14-17(23)24-19(2,3)18(21)22-16-15-20/h4-14,16H2,1-3H3. The van der Waals surface area contributed by atoms with E-state index in [0.717, 1.165) is 17.0 Å². The summed E-state index contributed by atoms with van der Waals surface area (Å²) in [5.41, 5.74) is 0. The molecular weight excluding hydrogens is 338 g/mol. The van der Waals surface area contributed by atoms with Gasteiger partial charge in [0.25, 0.3) is 0 Å². The fourth-order valence-corrected chi connectivity index (χ4v) is 4.13. The lowest BCUT2D eigenvalue weighted by molar-refractivity contribution is -0.144. The fraction of sp³-hybridized carbons (Fsp3) is 0.842. The number of esters is 1. The molecule has 0 aromatic heterocycles. The zero-order valence-electron chi connectivity index (χ0n) is 15.6. The maximum atomic E-state index is 11.8. The van der Waals surface area contributed by atoms with Crippen molar-refractivity contribution in [2.24, 2.45) is 0 Å². The summed E-state index contributed by atoms with van der Waals surface area (Å²) in [7, 11) is 0. The third-order valence-corrected chi connectivity index (χ3v) is 5.43. The highest BCUT2D eigenvalue weighted by molar-refractivity contribution is 8.24. The first-order chi connectivity index (χ1) is 11.4. The summed E-state index contributed by atoms with van der Waals surface area (Å²) in [6.07, 6.45) is 13.9. The molecule has 138 valence electrons. The van der Waals surface area contributed by atoms with Crippen molar-refractivity contribution in [1.82, 2.24) is 0 Å². The van der Waals surface area contributed by atoms with E-state index in [1.54, 1.807) is 13.8 Å². The number of thiocarbonyl (C=S) groups is 1. The number of hydrogen-bond acceptors (Lipinski definition) is 5. The quantitative estimate of drug-likeness (QED) is 0.206. The number of thioether (sulfide) groups is 1. The van der Waals surface area contributed by atoms with E-state index >= 15 is 0 Å². The summed E-state index contributed by atoms with van der Waals surface area (Å²) in [5, 5.41) is 8.46. The van der Waals surface area contributed by atoms with Crippen LogP contribution in [-0.4, -0.2) is 21.5 Å². The lowest BCUT2D eigenvalue weighted by Gasteiger charge is -2.21. The maximum absolute atomic E-state index is 11.8. The molecule has 0 saturated heterocycles. The minimum absolute atomic E-state index is 0.200. The number of nitrogens with zero attached hydrogens (tertiary/aromatic N) is 1. The zero-order valence-corrected chi connectivity index (χ0v) is 17.2. The van der Waals surface area contributed by atoms with Crippen LogP contribution in [0.4, 0.5) is 0 Å². The number of carbonyl (C=O) groups is 1. The van der Waals surface area contributed by atoms with Gasteiger partial charge in [-0.3, -0.25) is 4.79 Å². The van der Waals surface area contributed by atoms with Crippen LogP contribution in [0.1, 0.15) is 91.4 Å². The van der Waals surface area contributed by atoms with Crippen molar-refractivity contribution in [2.75, 3.05) is 6.61 Å². The van der Waals surface area contributed by atoms with Crippen molar-refractivity contribution in [3.8, 4) is 6.07 Å². The van der Waals surface area contributed by atoms with Gasteiger partial charge in [-0.25, -0.2) is 0 Å². The molecule has 0 rings (SSSR count). The van der Waals surface area contributed by atoms with E-state index < -0.39 is 4.75 Å². The van der Waals surface area contributed by atoms with Crippen LogP contribution in [0.2, 0.25) is 0 Å². The van der Waals surface area contributed by atoms with Gasteiger partial charge < -0.3 is 4.74 Å². The Morgan fingerprint density at radius 3 is 2.04 bits per heavy atom. The molecule has 0 saturated carbocycles. The monoisotopic (exact) mass is 371 g/mol. The predicted octanol–water partition coefficient (Wildman–Crippen LogP) is 6.20. The minimum Gasteiger partial charge on any atom is -0.449 e. The Hall–Kier alpha value is -0.600. The molecule has 0 atom stereocenters. The van der Waals surface area contributed by atoms with Crippen LogP contribution in [0.3, 0.4) is 0 Å². The molecule has 0 radical (unpaired) electrons. The molecule has 5 heteroatoms. The SMILES string of the molecule is CCCCCCCCCCCCC(=S)SC(C)(C)C(=O)OCC#N. The summed E-state index contributed by atoms with van der Waals surface area (Å²) in [5.74, 6) is -0.375. The molecule has 0 fully saturated rings. The summed E-state index contributed by atoms with van der Waals surface area (Å²) < 4.78 is 5.02. The van der Waals surface area contributed by atoms with Gasteiger partial charge in [0.2, 0.25) is 0 Å². The molecule has 0 N–H and O–H groups in total. The van der Waals surface area contributed by atoms with Crippen molar-refractivity contribution in [1.29, 1.82) is 5.26 Å². The first kappa shape index (κ1) is 23.4. The van der Waals surface area contributed by atoms with E-state index in [4.69, 9.17) is 22.2 Å². The maximum Gasteiger partial charge on any atom is 0.323 e. The van der Waals surface area contributed by atoms with Crippen LogP contribution in [0.5, 0.6) is 0 Å². The van der Waals surface area contributed by atoms with Crippen LogP contribution in [-0.2, 0) is 9.53 Å². The third-order valence-electron chi connectivity index (χ3n) is 3.86. The van der Waals surface area contributed by atoms with Crippen molar-refractivity contribution < 1.29 is 9.53 Å². The molecule has 0 aliphatic carbocycles. The van der Waals surface area contributed by atoms with Crippen molar-refractivity contribution >= 4 is 34.1 Å². The van der Waals surface area contributed by atoms with Crippen LogP contribution in [0, 0.1) is 11.3 Å². The summed E-state index contributed by atoms with van der Waals surface area (Å²) in [6, 6.07) is 1.81. The summed E-state index contributed by atoms with van der Waals surface area (Å²) in [6.45, 7) is 5.64. The van der Waals surface area contributed by atoms with Gasteiger partial charge >= 0.3 is 5.97 Å². The van der Waals surface area contributed by atoms with E-state index in [2.05, 4.69) is 6.92 Å². The molecule has 3 nitrogen and oxygen atoms in total. The predicted molar refractivity (Wildman–Crippen MR) is 107 cm³/mol.